The van der Waals surface area contributed by atoms with Crippen LogP contribution in [0.2, 0.25) is 5.02 Å². The van der Waals surface area contributed by atoms with Gasteiger partial charge in [0.25, 0.3) is 15.9 Å². The van der Waals surface area contributed by atoms with E-state index in [1.807, 2.05) is 25.1 Å². The Labute approximate surface area is 245 Å². The number of para-hydroxylation sites is 1. The van der Waals surface area contributed by atoms with E-state index in [1.54, 1.807) is 73.7 Å². The van der Waals surface area contributed by atoms with E-state index >= 15 is 0 Å². The summed E-state index contributed by atoms with van der Waals surface area (Å²) in [4.78, 5) is 13.0. The second-order valence-electron chi connectivity index (χ2n) is 8.96. The van der Waals surface area contributed by atoms with Crippen LogP contribution in [0.1, 0.15) is 23.6 Å². The minimum Gasteiger partial charge on any atom is -0.490 e. The maximum absolute atomic E-state index is 13.5. The number of hydrogen-bond acceptors (Lipinski definition) is 6. The number of carbonyl (C=O) groups is 1. The highest BCUT2D eigenvalue weighted by atomic mass is 35.5. The number of aryl methyl sites for hydroxylation is 1. The lowest BCUT2D eigenvalue weighted by atomic mass is 10.2. The van der Waals surface area contributed by atoms with Gasteiger partial charge in [0.15, 0.2) is 11.5 Å². The van der Waals surface area contributed by atoms with Crippen LogP contribution in [-0.2, 0) is 21.4 Å². The molecule has 0 saturated carbocycles. The first-order chi connectivity index (χ1) is 19.8. The first-order valence-corrected chi connectivity index (χ1v) is 14.7. The van der Waals surface area contributed by atoms with Crippen LogP contribution in [0.3, 0.4) is 0 Å². The normalized spacial score (nSPS) is 11.3. The van der Waals surface area contributed by atoms with Crippen molar-refractivity contribution in [1.29, 1.82) is 0 Å². The fourth-order valence-corrected chi connectivity index (χ4v) is 5.71. The third kappa shape index (κ3) is 7.87. The van der Waals surface area contributed by atoms with E-state index in [4.69, 9.17) is 21.1 Å². The van der Waals surface area contributed by atoms with Gasteiger partial charge in [0.1, 0.15) is 13.2 Å². The average Bonchev–Trinajstić information content (AvgIpc) is 2.96. The molecule has 1 amide bonds. The molecule has 0 radical (unpaired) electrons. The third-order valence-electron chi connectivity index (χ3n) is 5.96. The molecule has 0 unspecified atom stereocenters. The summed E-state index contributed by atoms with van der Waals surface area (Å²) in [6.07, 6.45) is 1.45. The Morgan fingerprint density at radius 3 is 2.41 bits per heavy atom. The van der Waals surface area contributed by atoms with Gasteiger partial charge in [0.05, 0.1) is 23.4 Å². The fourth-order valence-electron chi connectivity index (χ4n) is 3.99. The molecule has 4 aromatic carbocycles. The number of nitrogens with one attached hydrogen (secondary N) is 1. The molecule has 8 nitrogen and oxygen atoms in total. The first kappa shape index (κ1) is 29.6. The highest BCUT2D eigenvalue weighted by Gasteiger charge is 2.28. The van der Waals surface area contributed by atoms with Crippen LogP contribution in [0.5, 0.6) is 11.5 Å². The Hall–Kier alpha value is -4.34. The maximum atomic E-state index is 13.5. The van der Waals surface area contributed by atoms with Crippen LogP contribution < -0.4 is 19.2 Å². The van der Waals surface area contributed by atoms with Gasteiger partial charge in [-0.1, -0.05) is 60.1 Å². The van der Waals surface area contributed by atoms with E-state index in [0.29, 0.717) is 46.5 Å². The van der Waals surface area contributed by atoms with Crippen LogP contribution in [-0.4, -0.2) is 33.7 Å². The highest BCUT2D eigenvalue weighted by molar-refractivity contribution is 7.92. The molecular weight excluding hydrogens is 562 g/mol. The number of rotatable bonds is 12. The molecule has 10 heteroatoms. The number of amides is 1. The van der Waals surface area contributed by atoms with Crippen molar-refractivity contribution in [1.82, 2.24) is 5.43 Å². The topological polar surface area (TPSA) is 97.3 Å². The average molecular weight is 592 g/mol. The Morgan fingerprint density at radius 1 is 0.927 bits per heavy atom. The summed E-state index contributed by atoms with van der Waals surface area (Å²) in [5.41, 5.74) is 5.12. The smallest absolute Gasteiger partial charge is 0.264 e. The number of hydrogen-bond donors (Lipinski definition) is 1. The van der Waals surface area contributed by atoms with Gasteiger partial charge in [-0.25, -0.2) is 13.8 Å². The van der Waals surface area contributed by atoms with Crippen molar-refractivity contribution in [2.45, 2.75) is 25.3 Å². The number of hydrazone groups is 1. The molecule has 0 saturated heterocycles. The molecular formula is C31H30ClN3O5S. The van der Waals surface area contributed by atoms with Crippen molar-refractivity contribution < 1.29 is 22.7 Å². The summed E-state index contributed by atoms with van der Waals surface area (Å²) >= 11 is 6.06. The second kappa shape index (κ2) is 13.8. The summed E-state index contributed by atoms with van der Waals surface area (Å²) in [7, 11) is -4.01. The highest BCUT2D eigenvalue weighted by Crippen LogP contribution is 2.29. The minimum atomic E-state index is -4.01. The van der Waals surface area contributed by atoms with Gasteiger partial charge in [0, 0.05) is 5.02 Å². The molecule has 0 fully saturated rings. The van der Waals surface area contributed by atoms with E-state index in [1.165, 1.54) is 18.3 Å². The predicted octanol–water partition coefficient (Wildman–Crippen LogP) is 5.97. The lowest BCUT2D eigenvalue weighted by molar-refractivity contribution is -0.119. The largest absolute Gasteiger partial charge is 0.490 e. The molecule has 0 aliphatic rings. The molecule has 4 rings (SSSR count). The first-order valence-electron chi connectivity index (χ1n) is 12.9. The zero-order chi connectivity index (χ0) is 29.2. The predicted molar refractivity (Wildman–Crippen MR) is 161 cm³/mol. The van der Waals surface area contributed by atoms with Crippen molar-refractivity contribution in [3.63, 3.8) is 0 Å². The molecule has 0 heterocycles. The molecule has 4 aromatic rings. The Morgan fingerprint density at radius 2 is 1.68 bits per heavy atom. The Kier molecular flexibility index (Phi) is 10.00. The lowest BCUT2D eigenvalue weighted by Crippen LogP contribution is -2.40. The van der Waals surface area contributed by atoms with Gasteiger partial charge in [-0.3, -0.25) is 9.10 Å². The van der Waals surface area contributed by atoms with Gasteiger partial charge >= 0.3 is 0 Å². The van der Waals surface area contributed by atoms with Gasteiger partial charge in [-0.05, 0) is 79.1 Å². The quantitative estimate of drug-likeness (QED) is 0.162. The Bertz CT molecular complexity index is 1630. The number of benzene rings is 4. The van der Waals surface area contributed by atoms with Gasteiger partial charge in [0.2, 0.25) is 0 Å². The van der Waals surface area contributed by atoms with Crippen molar-refractivity contribution in [2.24, 2.45) is 5.10 Å². The molecule has 0 aliphatic heterocycles. The number of anilines is 1. The van der Waals surface area contributed by atoms with Gasteiger partial charge in [-0.2, -0.15) is 5.10 Å². The lowest BCUT2D eigenvalue weighted by Gasteiger charge is -2.25. The van der Waals surface area contributed by atoms with Gasteiger partial charge in [-0.15, -0.1) is 0 Å². The maximum Gasteiger partial charge on any atom is 0.264 e. The number of nitrogens with zero attached hydrogens (tertiary/aromatic N) is 2. The van der Waals surface area contributed by atoms with E-state index in [9.17, 15) is 13.2 Å². The number of ether oxygens (including phenoxy) is 2. The van der Waals surface area contributed by atoms with Crippen LogP contribution >= 0.6 is 11.6 Å². The zero-order valence-corrected chi connectivity index (χ0v) is 24.2. The van der Waals surface area contributed by atoms with Crippen LogP contribution in [0.25, 0.3) is 0 Å². The summed E-state index contributed by atoms with van der Waals surface area (Å²) in [6, 6.07) is 27.6. The van der Waals surface area contributed by atoms with Crippen molar-refractivity contribution in [3.05, 3.63) is 119 Å². The van der Waals surface area contributed by atoms with Gasteiger partial charge < -0.3 is 9.47 Å². The minimum absolute atomic E-state index is 0.0840. The number of halogens is 1. The molecule has 0 aliphatic carbocycles. The van der Waals surface area contributed by atoms with E-state index in [-0.39, 0.29) is 4.90 Å². The monoisotopic (exact) mass is 591 g/mol. The van der Waals surface area contributed by atoms with E-state index in [2.05, 4.69) is 10.5 Å². The van der Waals surface area contributed by atoms with Crippen LogP contribution in [0.15, 0.2) is 107 Å². The third-order valence-corrected chi connectivity index (χ3v) is 7.97. The second-order valence-corrected chi connectivity index (χ2v) is 11.3. The van der Waals surface area contributed by atoms with Crippen molar-refractivity contribution >= 4 is 39.4 Å². The van der Waals surface area contributed by atoms with Crippen molar-refractivity contribution in [2.75, 3.05) is 17.5 Å². The van der Waals surface area contributed by atoms with Crippen LogP contribution in [0, 0.1) is 6.92 Å². The van der Waals surface area contributed by atoms with E-state index < -0.39 is 22.5 Å². The summed E-state index contributed by atoms with van der Waals surface area (Å²) in [6.45, 7) is 3.94. The molecule has 41 heavy (non-hydrogen) atoms. The zero-order valence-electron chi connectivity index (χ0n) is 22.7. The SMILES string of the molecule is CCOc1cc(/C=N\NC(=O)CN(c2ccccc2C)S(=O)(=O)c2ccccc2)ccc1OCc1cccc(Cl)c1. The number of carbonyl (C=O) groups excluding carboxylic acids is 1. The molecule has 1 N–H and O–H groups in total. The molecule has 212 valence electrons. The number of sulfonamides is 1. The summed E-state index contributed by atoms with van der Waals surface area (Å²) in [5, 5.41) is 4.67. The molecule has 0 atom stereocenters. The molecule has 0 spiro atoms. The van der Waals surface area contributed by atoms with Crippen molar-refractivity contribution in [3.8, 4) is 11.5 Å². The standard InChI is InChI=1S/C31H30ClN3O5S/c1-3-39-30-19-24(16-17-29(30)40-22-25-11-9-12-26(32)18-25)20-33-34-31(36)21-35(28-15-8-7-10-23(28)2)41(37,38)27-13-5-4-6-14-27/h4-20H,3,21-22H2,1-2H3,(H,34,36)/b33-20-. The fraction of sp³-hybridized carbons (Fsp3) is 0.161. The summed E-state index contributed by atoms with van der Waals surface area (Å²) < 4.78 is 39.7. The van der Waals surface area contributed by atoms with E-state index in [0.717, 1.165) is 9.87 Å². The molecule has 0 aromatic heterocycles. The Balaban J connectivity index is 1.47. The summed E-state index contributed by atoms with van der Waals surface area (Å²) in [5.74, 6) is 0.466. The van der Waals surface area contributed by atoms with Crippen LogP contribution in [0.4, 0.5) is 5.69 Å². The molecule has 0 bridgehead atoms.